The fraction of sp³-hybridized carbons (Fsp3) is 0.447. The number of nitrogens with one attached hydrogen (secondary N) is 4. The predicted molar refractivity (Wildman–Crippen MR) is 230 cm³/mol. The Balaban J connectivity index is 0.943. The van der Waals surface area contributed by atoms with Crippen LogP contribution in [-0.4, -0.2) is 92.6 Å². The van der Waals surface area contributed by atoms with Crippen molar-refractivity contribution in [3.63, 3.8) is 0 Å². The van der Waals surface area contributed by atoms with Gasteiger partial charge in [0.15, 0.2) is 0 Å². The molecule has 0 radical (unpaired) electrons. The highest BCUT2D eigenvalue weighted by molar-refractivity contribution is 5.89. The van der Waals surface area contributed by atoms with Crippen molar-refractivity contribution < 1.29 is 37.4 Å². The van der Waals surface area contributed by atoms with Crippen LogP contribution in [0.25, 0.3) is 44.5 Å². The molecule has 3 heterocycles. The van der Waals surface area contributed by atoms with Crippen molar-refractivity contribution in [2.24, 2.45) is 17.3 Å². The number of carbonyl (C=O) groups is 4. The number of ether oxygens (including phenoxy) is 2. The smallest absolute Gasteiger partial charge is 0.407 e. The Morgan fingerprint density at radius 3 is 2.22 bits per heavy atom. The zero-order valence-electron chi connectivity index (χ0n) is 36.2. The first-order chi connectivity index (χ1) is 30.1. The SMILES string of the molecule is COC(=O)N[C@@H](C)C(=O)N1[C@@H]2CC[C@@H](C2)[C@H]1c1nc2ccc(-c3ccc4c(c3)C(F)(F)c3cc(-c5cnc(CN(CC6(C)CC6)C(=O)[C@@H](NC(=O)OC)C(C)C)[nH]5)ccc3-4)cc2[nH]1. The van der Waals surface area contributed by atoms with Gasteiger partial charge in [0.25, 0.3) is 5.92 Å². The van der Waals surface area contributed by atoms with E-state index in [2.05, 4.69) is 32.5 Å². The van der Waals surface area contributed by atoms with E-state index in [1.54, 1.807) is 42.3 Å². The van der Waals surface area contributed by atoms with Crippen LogP contribution in [0.15, 0.2) is 60.8 Å². The summed E-state index contributed by atoms with van der Waals surface area (Å²) in [4.78, 5) is 71.2. The van der Waals surface area contributed by atoms with Gasteiger partial charge in [0.2, 0.25) is 11.8 Å². The van der Waals surface area contributed by atoms with E-state index in [4.69, 9.17) is 14.5 Å². The van der Waals surface area contributed by atoms with Gasteiger partial charge in [0, 0.05) is 29.3 Å². The number of hydrogen-bond acceptors (Lipinski definition) is 8. The molecule has 4 aliphatic rings. The van der Waals surface area contributed by atoms with Crippen LogP contribution in [0.1, 0.15) is 88.6 Å². The molecular weight excluding hydrogens is 811 g/mol. The van der Waals surface area contributed by atoms with Gasteiger partial charge in [-0.05, 0) is 103 Å². The van der Waals surface area contributed by atoms with E-state index in [1.165, 1.54) is 20.3 Å². The lowest BCUT2D eigenvalue weighted by molar-refractivity contribution is -0.138. The summed E-state index contributed by atoms with van der Waals surface area (Å²) in [6.07, 6.45) is 4.92. The van der Waals surface area contributed by atoms with E-state index in [0.29, 0.717) is 51.7 Å². The lowest BCUT2D eigenvalue weighted by atomic mass is 9.97. The number of likely N-dealkylation sites (tertiary alicyclic amines) is 1. The monoisotopic (exact) mass is 862 g/mol. The van der Waals surface area contributed by atoms with Gasteiger partial charge in [-0.15, -0.1) is 0 Å². The van der Waals surface area contributed by atoms with Crippen molar-refractivity contribution in [1.82, 2.24) is 40.4 Å². The van der Waals surface area contributed by atoms with Crippen molar-refractivity contribution in [3.8, 4) is 33.5 Å². The minimum Gasteiger partial charge on any atom is -0.453 e. The molecule has 14 nitrogen and oxygen atoms in total. The number of alkyl halides is 2. The number of aromatic nitrogens is 4. The maximum atomic E-state index is 16.6. The highest BCUT2D eigenvalue weighted by Gasteiger charge is 2.51. The van der Waals surface area contributed by atoms with Crippen LogP contribution in [0, 0.1) is 17.3 Å². The number of methoxy groups -OCH3 is 2. The van der Waals surface area contributed by atoms with Gasteiger partial charge in [-0.25, -0.2) is 19.6 Å². The number of rotatable bonds is 12. The maximum absolute atomic E-state index is 16.6. The van der Waals surface area contributed by atoms with Crippen LogP contribution in [0.2, 0.25) is 0 Å². The van der Waals surface area contributed by atoms with E-state index >= 15 is 8.78 Å². The molecule has 2 aromatic heterocycles. The first-order valence-corrected chi connectivity index (χ1v) is 21.6. The molecule has 0 unspecified atom stereocenters. The Morgan fingerprint density at radius 1 is 0.889 bits per heavy atom. The molecular formula is C47H52F2N8O6. The van der Waals surface area contributed by atoms with Gasteiger partial charge in [0.05, 0.1) is 49.7 Å². The number of fused-ring (bicyclic) bond motifs is 6. The Kier molecular flexibility index (Phi) is 10.5. The largest absolute Gasteiger partial charge is 0.453 e. The van der Waals surface area contributed by atoms with Gasteiger partial charge >= 0.3 is 12.2 Å². The molecule has 4 amide bonds. The minimum absolute atomic E-state index is 0.0276. The first-order valence-electron chi connectivity index (χ1n) is 21.6. The molecule has 3 aromatic carbocycles. The molecule has 2 saturated carbocycles. The van der Waals surface area contributed by atoms with Crippen LogP contribution in [0.3, 0.4) is 0 Å². The second-order valence-corrected chi connectivity index (χ2v) is 18.3. The minimum atomic E-state index is -3.29. The average molecular weight is 863 g/mol. The Hall–Kier alpha value is -6.32. The molecule has 2 bridgehead atoms. The van der Waals surface area contributed by atoms with Crippen molar-refractivity contribution in [1.29, 1.82) is 0 Å². The number of H-pyrrole nitrogens is 2. The van der Waals surface area contributed by atoms with E-state index in [-0.39, 0.29) is 58.8 Å². The van der Waals surface area contributed by atoms with E-state index in [1.807, 2.05) is 43.0 Å². The number of nitrogens with zero attached hydrogens (tertiary/aromatic N) is 4. The van der Waals surface area contributed by atoms with Crippen molar-refractivity contribution >= 4 is 35.0 Å². The molecule has 5 aromatic rings. The third kappa shape index (κ3) is 7.66. The fourth-order valence-corrected chi connectivity index (χ4v) is 9.81. The Bertz CT molecular complexity index is 2640. The van der Waals surface area contributed by atoms with Crippen LogP contribution >= 0.6 is 0 Å². The average Bonchev–Trinajstić information content (AvgIpc) is 3.84. The summed E-state index contributed by atoms with van der Waals surface area (Å²) in [5.41, 5.74) is 4.54. The summed E-state index contributed by atoms with van der Waals surface area (Å²) >= 11 is 0. The quantitative estimate of drug-likeness (QED) is 0.0975. The maximum Gasteiger partial charge on any atom is 0.407 e. The van der Waals surface area contributed by atoms with Gasteiger partial charge in [-0.1, -0.05) is 51.1 Å². The molecule has 3 fully saturated rings. The summed E-state index contributed by atoms with van der Waals surface area (Å²) in [7, 11) is 2.51. The fourth-order valence-electron chi connectivity index (χ4n) is 9.81. The van der Waals surface area contributed by atoms with Gasteiger partial charge < -0.3 is 39.9 Å². The van der Waals surface area contributed by atoms with Gasteiger partial charge in [-0.3, -0.25) is 9.59 Å². The molecule has 330 valence electrons. The zero-order valence-corrected chi connectivity index (χ0v) is 36.2. The molecule has 3 aliphatic carbocycles. The molecule has 0 spiro atoms. The number of carbonyl (C=O) groups excluding carboxylic acids is 4. The third-order valence-electron chi connectivity index (χ3n) is 13.5. The number of aromatic amines is 2. The molecule has 63 heavy (non-hydrogen) atoms. The zero-order chi connectivity index (χ0) is 44.5. The van der Waals surface area contributed by atoms with Gasteiger partial charge in [0.1, 0.15) is 23.7 Å². The van der Waals surface area contributed by atoms with E-state index in [9.17, 15) is 19.2 Å². The summed E-state index contributed by atoms with van der Waals surface area (Å²) in [6, 6.07) is 14.0. The molecule has 9 rings (SSSR count). The second kappa shape index (κ2) is 15.8. The van der Waals surface area contributed by atoms with E-state index in [0.717, 1.165) is 43.2 Å². The lowest BCUT2D eigenvalue weighted by Crippen LogP contribution is -2.52. The number of halogens is 2. The predicted octanol–water partition coefficient (Wildman–Crippen LogP) is 8.05. The highest BCUT2D eigenvalue weighted by atomic mass is 19.3. The molecule has 1 aliphatic heterocycles. The Morgan fingerprint density at radius 2 is 1.54 bits per heavy atom. The molecule has 4 N–H and O–H groups in total. The number of piperidine rings is 1. The summed E-state index contributed by atoms with van der Waals surface area (Å²) in [5.74, 6) is -2.54. The topological polar surface area (TPSA) is 175 Å². The number of imidazole rings is 2. The third-order valence-corrected chi connectivity index (χ3v) is 13.5. The number of amides is 4. The number of alkyl carbamates (subject to hydrolysis) is 2. The van der Waals surface area contributed by atoms with Crippen LogP contribution in [0.5, 0.6) is 0 Å². The van der Waals surface area contributed by atoms with Crippen molar-refractivity contribution in [2.45, 2.75) is 96.4 Å². The van der Waals surface area contributed by atoms with Crippen LogP contribution in [-0.2, 0) is 31.5 Å². The normalized spacial score (nSPS) is 20.8. The van der Waals surface area contributed by atoms with Crippen molar-refractivity contribution in [2.75, 3.05) is 20.8 Å². The summed E-state index contributed by atoms with van der Waals surface area (Å²) in [5, 5.41) is 5.27. The Labute approximate surface area is 363 Å². The number of hydrogen-bond donors (Lipinski definition) is 4. The summed E-state index contributed by atoms with van der Waals surface area (Å²) < 4.78 is 42.6. The van der Waals surface area contributed by atoms with Crippen LogP contribution < -0.4 is 10.6 Å². The standard InChI is InChI=1S/C47H52F2N8O6/c1-24(2)39(55-45(61)63-6)43(59)56(23-46(4)15-16-46)22-38-50-21-37(52-38)28-9-13-32-31-12-8-26(18-33(31)47(48,49)34(32)19-28)27-10-14-35-36(20-27)54-41(53-35)40-29-7-11-30(17-29)57(40)42(58)25(3)51-44(60)62-5/h8-10,12-14,18-21,24-25,29-30,39-40H,7,11,15-17,22-23H2,1-6H3,(H,50,52)(H,51,60)(H,53,54)(H,55,61)/t25-,29-,30+,39-,40-/m0/s1. The number of benzene rings is 3. The highest BCUT2D eigenvalue weighted by Crippen LogP contribution is 2.53. The first kappa shape index (κ1) is 42.0. The lowest BCUT2D eigenvalue weighted by Gasteiger charge is -2.35. The summed E-state index contributed by atoms with van der Waals surface area (Å²) in [6.45, 7) is 8.11. The van der Waals surface area contributed by atoms with Crippen LogP contribution in [0.4, 0.5) is 18.4 Å². The molecule has 1 saturated heterocycles. The van der Waals surface area contributed by atoms with E-state index < -0.39 is 30.2 Å². The molecule has 5 atom stereocenters. The molecule has 16 heteroatoms. The van der Waals surface area contributed by atoms with Gasteiger partial charge in [-0.2, -0.15) is 8.78 Å². The van der Waals surface area contributed by atoms with Crippen molar-refractivity contribution in [3.05, 3.63) is 83.6 Å². The second-order valence-electron chi connectivity index (χ2n) is 18.3.